The Bertz CT molecular complexity index is 740. The molecule has 0 saturated carbocycles. The van der Waals surface area contributed by atoms with Gasteiger partial charge >= 0.3 is 5.97 Å². The second-order valence-electron chi connectivity index (χ2n) is 5.95. The molecule has 1 aromatic rings. The van der Waals surface area contributed by atoms with E-state index in [9.17, 15) is 23.1 Å². The lowest BCUT2D eigenvalue weighted by atomic mass is 9.98. The van der Waals surface area contributed by atoms with Gasteiger partial charge in [-0.2, -0.15) is 11.8 Å². The summed E-state index contributed by atoms with van der Waals surface area (Å²) in [5.41, 5.74) is -1.19. The molecule has 0 spiro atoms. The molecule has 1 amide bonds. The minimum absolute atomic E-state index is 0.0333. The van der Waals surface area contributed by atoms with Crippen LogP contribution in [0.25, 0.3) is 0 Å². The average Bonchev–Trinajstić information content (AvgIpc) is 2.96. The fourth-order valence-corrected chi connectivity index (χ4v) is 4.98. The summed E-state index contributed by atoms with van der Waals surface area (Å²) in [6.07, 6.45) is 0.339. The lowest BCUT2D eigenvalue weighted by Crippen LogP contribution is -2.54. The van der Waals surface area contributed by atoms with Gasteiger partial charge in [0.2, 0.25) is 10.0 Å². The van der Waals surface area contributed by atoms with Crippen LogP contribution in [0.4, 0.5) is 0 Å². The third-order valence-corrected chi connectivity index (χ3v) is 6.43. The number of carboxylic acid groups (broad SMARTS) is 1. The van der Waals surface area contributed by atoms with E-state index < -0.39 is 27.4 Å². The molecular formula is C15H20N2O5S2. The molecule has 1 aliphatic rings. The highest BCUT2D eigenvalue weighted by Crippen LogP contribution is 2.28. The molecule has 2 rings (SSSR count). The number of carbonyl (C=O) groups excluding carboxylic acids is 1. The van der Waals surface area contributed by atoms with Crippen molar-refractivity contribution in [2.75, 3.05) is 11.5 Å². The summed E-state index contributed by atoms with van der Waals surface area (Å²) in [5.74, 6) is -0.729. The maximum Gasteiger partial charge on any atom is 0.330 e. The summed E-state index contributed by atoms with van der Waals surface area (Å²) >= 11 is 1.46. The van der Waals surface area contributed by atoms with Gasteiger partial charge in [-0.25, -0.2) is 17.9 Å². The van der Waals surface area contributed by atoms with Crippen LogP contribution in [0.3, 0.4) is 0 Å². The van der Waals surface area contributed by atoms with Gasteiger partial charge in [-0.3, -0.25) is 4.79 Å². The molecule has 1 aliphatic heterocycles. The first-order valence-corrected chi connectivity index (χ1v) is 10.1. The summed E-state index contributed by atoms with van der Waals surface area (Å²) in [4.78, 5) is 23.9. The Morgan fingerprint density at radius 1 is 1.33 bits per heavy atom. The quantitative estimate of drug-likeness (QED) is 0.688. The van der Waals surface area contributed by atoms with Crippen LogP contribution in [-0.4, -0.2) is 48.5 Å². The zero-order valence-corrected chi connectivity index (χ0v) is 15.0. The third-order valence-electron chi connectivity index (χ3n) is 3.58. The first-order valence-electron chi connectivity index (χ1n) is 7.42. The molecule has 3 N–H and O–H groups in total. The molecule has 0 aliphatic carbocycles. The molecule has 0 aromatic heterocycles. The van der Waals surface area contributed by atoms with Gasteiger partial charge < -0.3 is 10.4 Å². The molecule has 7 nitrogen and oxygen atoms in total. The molecule has 1 fully saturated rings. The van der Waals surface area contributed by atoms with Crippen molar-refractivity contribution in [2.45, 2.75) is 36.7 Å². The summed E-state index contributed by atoms with van der Waals surface area (Å²) in [6, 6.07) is 5.28. The van der Waals surface area contributed by atoms with Gasteiger partial charge in [0.15, 0.2) is 0 Å². The van der Waals surface area contributed by atoms with Crippen molar-refractivity contribution in [3.8, 4) is 0 Å². The predicted molar refractivity (Wildman–Crippen MR) is 91.7 cm³/mol. The van der Waals surface area contributed by atoms with Crippen molar-refractivity contribution >= 4 is 33.7 Å². The van der Waals surface area contributed by atoms with Crippen molar-refractivity contribution in [3.05, 3.63) is 29.8 Å². The van der Waals surface area contributed by atoms with E-state index in [1.807, 2.05) is 0 Å². The number of hydrogen-bond donors (Lipinski definition) is 3. The zero-order chi connectivity index (χ0) is 18.0. The van der Waals surface area contributed by atoms with Gasteiger partial charge in [-0.15, -0.1) is 0 Å². The highest BCUT2D eigenvalue weighted by atomic mass is 32.2. The van der Waals surface area contributed by atoms with Crippen LogP contribution in [0, 0.1) is 0 Å². The Hall–Kier alpha value is -1.58. The molecule has 0 bridgehead atoms. The van der Waals surface area contributed by atoms with E-state index in [-0.39, 0.29) is 16.5 Å². The number of sulfonamides is 1. The van der Waals surface area contributed by atoms with E-state index in [0.717, 1.165) is 0 Å². The topological polar surface area (TPSA) is 113 Å². The van der Waals surface area contributed by atoms with Crippen LogP contribution >= 0.6 is 11.8 Å². The number of carbonyl (C=O) groups is 2. The van der Waals surface area contributed by atoms with Crippen LogP contribution < -0.4 is 10.0 Å². The number of hydrogen-bond acceptors (Lipinski definition) is 5. The van der Waals surface area contributed by atoms with Gasteiger partial charge in [0.05, 0.1) is 4.90 Å². The largest absolute Gasteiger partial charge is 0.479 e. The molecule has 1 saturated heterocycles. The lowest BCUT2D eigenvalue weighted by Gasteiger charge is -2.24. The predicted octanol–water partition coefficient (Wildman–Crippen LogP) is 1.06. The second-order valence-corrected chi connectivity index (χ2v) is 8.77. The highest BCUT2D eigenvalue weighted by molar-refractivity contribution is 7.99. The normalized spacial score (nSPS) is 21.0. The van der Waals surface area contributed by atoms with Crippen LogP contribution in [0.1, 0.15) is 30.6 Å². The Morgan fingerprint density at radius 2 is 2.04 bits per heavy atom. The number of carboxylic acids is 1. The monoisotopic (exact) mass is 372 g/mol. The zero-order valence-electron chi connectivity index (χ0n) is 13.4. The van der Waals surface area contributed by atoms with E-state index in [4.69, 9.17) is 0 Å². The molecule has 1 aromatic carbocycles. The van der Waals surface area contributed by atoms with Gasteiger partial charge in [-0.05, 0) is 44.2 Å². The fourth-order valence-electron chi connectivity index (χ4n) is 2.36. The van der Waals surface area contributed by atoms with Gasteiger partial charge in [0.1, 0.15) is 5.54 Å². The minimum atomic E-state index is -3.72. The van der Waals surface area contributed by atoms with E-state index in [1.165, 1.54) is 36.0 Å². The summed E-state index contributed by atoms with van der Waals surface area (Å²) in [5, 5.41) is 12.0. The molecule has 0 radical (unpaired) electrons. The van der Waals surface area contributed by atoms with Gasteiger partial charge in [0, 0.05) is 17.4 Å². The Morgan fingerprint density at radius 3 is 2.58 bits per heavy atom. The molecule has 132 valence electrons. The Labute approximate surface area is 145 Å². The smallest absolute Gasteiger partial charge is 0.330 e. The number of thioether (sulfide) groups is 1. The number of nitrogens with one attached hydrogen (secondary N) is 2. The van der Waals surface area contributed by atoms with E-state index >= 15 is 0 Å². The second kappa shape index (κ2) is 7.12. The minimum Gasteiger partial charge on any atom is -0.479 e. The fraction of sp³-hybridized carbons (Fsp3) is 0.467. The van der Waals surface area contributed by atoms with Crippen LogP contribution in [0.2, 0.25) is 0 Å². The lowest BCUT2D eigenvalue weighted by molar-refractivity contribution is -0.143. The highest BCUT2D eigenvalue weighted by Gasteiger charge is 2.43. The Kier molecular flexibility index (Phi) is 5.56. The van der Waals surface area contributed by atoms with Crippen LogP contribution in [-0.2, 0) is 14.8 Å². The summed E-state index contributed by atoms with van der Waals surface area (Å²) < 4.78 is 26.8. The van der Waals surface area contributed by atoms with Crippen molar-refractivity contribution < 1.29 is 23.1 Å². The van der Waals surface area contributed by atoms with Crippen molar-refractivity contribution in [3.63, 3.8) is 0 Å². The van der Waals surface area contributed by atoms with Crippen LogP contribution in [0.5, 0.6) is 0 Å². The van der Waals surface area contributed by atoms with E-state index in [0.29, 0.717) is 17.9 Å². The first-order chi connectivity index (χ1) is 11.2. The number of benzene rings is 1. The number of amides is 1. The van der Waals surface area contributed by atoms with Gasteiger partial charge in [0.25, 0.3) is 5.91 Å². The first kappa shape index (κ1) is 18.8. The molecule has 9 heteroatoms. The van der Waals surface area contributed by atoms with E-state index in [2.05, 4.69) is 10.0 Å². The maximum atomic E-state index is 12.4. The standard InChI is InChI=1S/C15H20N2O5S2/c1-10(2)17-24(21,22)12-5-3-4-11(8-12)13(18)16-15(14(19)20)6-7-23-9-15/h3-5,8,10,17H,6-7,9H2,1-2H3,(H,16,18)(H,19,20). The van der Waals surface area contributed by atoms with E-state index in [1.54, 1.807) is 13.8 Å². The molecule has 1 heterocycles. The molecular weight excluding hydrogens is 352 g/mol. The molecule has 1 atom stereocenters. The maximum absolute atomic E-state index is 12.4. The molecule has 1 unspecified atom stereocenters. The average molecular weight is 372 g/mol. The van der Waals surface area contributed by atoms with Crippen molar-refractivity contribution in [1.29, 1.82) is 0 Å². The Balaban J connectivity index is 2.25. The summed E-state index contributed by atoms with van der Waals surface area (Å²) in [7, 11) is -3.72. The number of aliphatic carboxylic acids is 1. The molecule has 24 heavy (non-hydrogen) atoms. The third kappa shape index (κ3) is 4.08. The number of rotatable bonds is 6. The SMILES string of the molecule is CC(C)NS(=O)(=O)c1cccc(C(=O)NC2(C(=O)O)CCSC2)c1. The van der Waals surface area contributed by atoms with Crippen molar-refractivity contribution in [2.24, 2.45) is 0 Å². The summed E-state index contributed by atoms with van der Waals surface area (Å²) in [6.45, 7) is 3.39. The van der Waals surface area contributed by atoms with Gasteiger partial charge in [-0.1, -0.05) is 6.07 Å². The van der Waals surface area contributed by atoms with Crippen molar-refractivity contribution in [1.82, 2.24) is 10.0 Å². The van der Waals surface area contributed by atoms with Crippen LogP contribution in [0.15, 0.2) is 29.2 Å².